The molecule has 0 fully saturated rings. The molecule has 11 heavy (non-hydrogen) atoms. The third-order valence-corrected chi connectivity index (χ3v) is 1.79. The average molecular weight is 152 g/mol. The van der Waals surface area contributed by atoms with E-state index in [9.17, 15) is 5.11 Å². The van der Waals surface area contributed by atoms with Crippen molar-refractivity contribution in [1.82, 2.24) is 0 Å². The van der Waals surface area contributed by atoms with E-state index in [1.807, 2.05) is 0 Å². The second kappa shape index (κ2) is 2.22. The Morgan fingerprint density at radius 3 is 3.00 bits per heavy atom. The number of fused-ring (bicyclic) bond motifs is 1. The van der Waals surface area contributed by atoms with Gasteiger partial charge in [-0.3, -0.25) is 0 Å². The van der Waals surface area contributed by atoms with Crippen LogP contribution in [0.5, 0.6) is 0 Å². The second-order valence-corrected chi connectivity index (χ2v) is 2.53. The van der Waals surface area contributed by atoms with Crippen LogP contribution >= 0.6 is 0 Å². The van der Waals surface area contributed by atoms with Crippen molar-refractivity contribution in [2.75, 3.05) is 0 Å². The lowest BCUT2D eigenvalue weighted by atomic mass is 10.0. The van der Waals surface area contributed by atoms with Gasteiger partial charge in [0.05, 0.1) is 6.26 Å². The van der Waals surface area contributed by atoms with Crippen LogP contribution in [-0.2, 0) is 0 Å². The quantitative estimate of drug-likeness (QED) is 0.575. The highest BCUT2D eigenvalue weighted by atomic mass is 16.4. The second-order valence-electron chi connectivity index (χ2n) is 2.53. The Hall–Kier alpha value is -1.06. The van der Waals surface area contributed by atoms with Crippen LogP contribution in [0.15, 0.2) is 22.8 Å². The lowest BCUT2D eigenvalue weighted by molar-refractivity contribution is 0.0320. The molecule has 1 heterocycles. The van der Waals surface area contributed by atoms with E-state index in [1.54, 1.807) is 18.2 Å². The third-order valence-electron chi connectivity index (χ3n) is 1.79. The minimum absolute atomic E-state index is 0.444. The smallest absolute Gasteiger partial charge is 0.142 e. The summed E-state index contributed by atoms with van der Waals surface area (Å²) in [6, 6.07) is 1.75. The van der Waals surface area contributed by atoms with Crippen LogP contribution < -0.4 is 0 Å². The van der Waals surface area contributed by atoms with Crippen molar-refractivity contribution in [3.63, 3.8) is 0 Å². The summed E-state index contributed by atoms with van der Waals surface area (Å²) in [4.78, 5) is 0. The first-order valence-corrected chi connectivity index (χ1v) is 3.41. The van der Waals surface area contributed by atoms with Gasteiger partial charge in [0.2, 0.25) is 0 Å². The molecule has 2 N–H and O–H groups in total. The number of furan rings is 1. The molecule has 0 aromatic carbocycles. The van der Waals surface area contributed by atoms with E-state index >= 15 is 0 Å². The van der Waals surface area contributed by atoms with E-state index in [0.29, 0.717) is 5.76 Å². The zero-order chi connectivity index (χ0) is 7.84. The molecular weight excluding hydrogens is 144 g/mol. The molecule has 0 amide bonds. The highest BCUT2D eigenvalue weighted by Gasteiger charge is 2.24. The maximum absolute atomic E-state index is 9.32. The summed E-state index contributed by atoms with van der Waals surface area (Å²) in [5.74, 6) is 0.444. The molecule has 2 atom stereocenters. The van der Waals surface area contributed by atoms with Crippen molar-refractivity contribution in [1.29, 1.82) is 0 Å². The van der Waals surface area contributed by atoms with Crippen LogP contribution in [0.25, 0.3) is 6.08 Å². The minimum atomic E-state index is -0.912. The molecule has 1 aliphatic rings. The molecule has 0 unspecified atom stereocenters. The summed E-state index contributed by atoms with van der Waals surface area (Å²) >= 11 is 0. The Morgan fingerprint density at radius 2 is 2.18 bits per heavy atom. The van der Waals surface area contributed by atoms with Gasteiger partial charge in [-0.2, -0.15) is 0 Å². The molecule has 0 saturated carbocycles. The van der Waals surface area contributed by atoms with Gasteiger partial charge in [-0.1, -0.05) is 12.2 Å². The van der Waals surface area contributed by atoms with Gasteiger partial charge in [-0.25, -0.2) is 0 Å². The molecule has 3 nitrogen and oxygen atoms in total. The summed E-state index contributed by atoms with van der Waals surface area (Å²) in [5.41, 5.74) is 0.836. The third kappa shape index (κ3) is 0.895. The SMILES string of the molecule is O[C@@H]1c2occc2C=C[C@@H]1O. The lowest BCUT2D eigenvalue weighted by Crippen LogP contribution is -2.18. The van der Waals surface area contributed by atoms with Crippen molar-refractivity contribution in [2.45, 2.75) is 12.2 Å². The monoisotopic (exact) mass is 152 g/mol. The first-order chi connectivity index (χ1) is 5.29. The Bertz CT molecular complexity index is 287. The predicted molar refractivity (Wildman–Crippen MR) is 38.7 cm³/mol. The number of hydrogen-bond acceptors (Lipinski definition) is 3. The normalized spacial score (nSPS) is 28.5. The van der Waals surface area contributed by atoms with E-state index < -0.39 is 12.2 Å². The number of aliphatic hydroxyl groups is 2. The maximum Gasteiger partial charge on any atom is 0.142 e. The first kappa shape index (κ1) is 6.64. The molecule has 3 heteroatoms. The van der Waals surface area contributed by atoms with Gasteiger partial charge in [0.25, 0.3) is 0 Å². The van der Waals surface area contributed by atoms with Gasteiger partial charge in [-0.15, -0.1) is 0 Å². The summed E-state index contributed by atoms with van der Waals surface area (Å²) in [6.07, 6.45) is 3.02. The van der Waals surface area contributed by atoms with Gasteiger partial charge in [0.15, 0.2) is 0 Å². The lowest BCUT2D eigenvalue weighted by Gasteiger charge is -2.16. The average Bonchev–Trinajstić information content (AvgIpc) is 2.45. The van der Waals surface area contributed by atoms with E-state index in [2.05, 4.69) is 0 Å². The molecule has 0 saturated heterocycles. The minimum Gasteiger partial charge on any atom is -0.466 e. The van der Waals surface area contributed by atoms with Crippen LogP contribution in [0.1, 0.15) is 17.4 Å². The van der Waals surface area contributed by atoms with Gasteiger partial charge >= 0.3 is 0 Å². The zero-order valence-corrected chi connectivity index (χ0v) is 5.77. The van der Waals surface area contributed by atoms with E-state index in [4.69, 9.17) is 9.52 Å². The molecule has 58 valence electrons. The van der Waals surface area contributed by atoms with Crippen molar-refractivity contribution < 1.29 is 14.6 Å². The van der Waals surface area contributed by atoms with Crippen LogP contribution in [0.3, 0.4) is 0 Å². The fourth-order valence-corrected chi connectivity index (χ4v) is 1.17. The van der Waals surface area contributed by atoms with Gasteiger partial charge in [-0.05, 0) is 6.07 Å². The van der Waals surface area contributed by atoms with Crippen LogP contribution in [0.2, 0.25) is 0 Å². The van der Waals surface area contributed by atoms with Crippen molar-refractivity contribution in [3.05, 3.63) is 29.7 Å². The first-order valence-electron chi connectivity index (χ1n) is 3.41. The van der Waals surface area contributed by atoms with E-state index in [1.165, 1.54) is 6.26 Å². The molecular formula is C8H8O3. The van der Waals surface area contributed by atoms with E-state index in [-0.39, 0.29) is 0 Å². The fourth-order valence-electron chi connectivity index (χ4n) is 1.17. The number of aliphatic hydroxyl groups excluding tert-OH is 2. The van der Waals surface area contributed by atoms with Crippen LogP contribution in [0.4, 0.5) is 0 Å². The summed E-state index contributed by atoms with van der Waals surface area (Å²) in [7, 11) is 0. The molecule has 0 spiro atoms. The molecule has 1 aromatic rings. The predicted octanol–water partition coefficient (Wildman–Crippen LogP) is 0.701. The van der Waals surface area contributed by atoms with Crippen molar-refractivity contribution in [2.24, 2.45) is 0 Å². The zero-order valence-electron chi connectivity index (χ0n) is 5.77. The van der Waals surface area contributed by atoms with Crippen LogP contribution in [-0.4, -0.2) is 16.3 Å². The van der Waals surface area contributed by atoms with E-state index in [0.717, 1.165) is 5.56 Å². The Morgan fingerprint density at radius 1 is 1.36 bits per heavy atom. The Balaban J connectivity index is 2.48. The molecule has 1 aliphatic carbocycles. The fraction of sp³-hybridized carbons (Fsp3) is 0.250. The van der Waals surface area contributed by atoms with Crippen LogP contribution in [0, 0.1) is 0 Å². The van der Waals surface area contributed by atoms with Crippen molar-refractivity contribution >= 4 is 6.08 Å². The Labute approximate surface area is 63.6 Å². The molecule has 0 bridgehead atoms. The topological polar surface area (TPSA) is 53.6 Å². The highest BCUT2D eigenvalue weighted by Crippen LogP contribution is 2.28. The number of hydrogen-bond donors (Lipinski definition) is 2. The molecule has 0 radical (unpaired) electrons. The summed E-state index contributed by atoms with van der Waals surface area (Å²) in [6.45, 7) is 0. The molecule has 0 aliphatic heterocycles. The number of rotatable bonds is 0. The summed E-state index contributed by atoms with van der Waals surface area (Å²) < 4.78 is 4.98. The maximum atomic E-state index is 9.32. The van der Waals surface area contributed by atoms with Gasteiger partial charge in [0, 0.05) is 5.56 Å². The standard InChI is InChI=1S/C8H8O3/c9-6-2-1-5-3-4-11-8(5)7(6)10/h1-4,6-7,9-10H/t6-,7-/m0/s1. The van der Waals surface area contributed by atoms with Gasteiger partial charge < -0.3 is 14.6 Å². The molecule has 2 rings (SSSR count). The van der Waals surface area contributed by atoms with Gasteiger partial charge in [0.1, 0.15) is 18.0 Å². The summed E-state index contributed by atoms with van der Waals surface area (Å²) in [5, 5.41) is 18.5. The highest BCUT2D eigenvalue weighted by molar-refractivity contribution is 5.55. The van der Waals surface area contributed by atoms with Crippen molar-refractivity contribution in [3.8, 4) is 0 Å². The molecule has 1 aromatic heterocycles. The largest absolute Gasteiger partial charge is 0.466 e. The Kier molecular flexibility index (Phi) is 1.34.